The Hall–Kier alpha value is -2.69. The largest absolute Gasteiger partial charge is 0.465 e. The molecule has 21 heavy (non-hydrogen) atoms. The molecule has 3 rings (SSSR count). The number of carbonyl (C=O) groups excluding carboxylic acids is 1. The van der Waals surface area contributed by atoms with Gasteiger partial charge in [-0.05, 0) is 29.8 Å². The van der Waals surface area contributed by atoms with E-state index in [2.05, 4.69) is 4.98 Å². The second-order valence-electron chi connectivity index (χ2n) is 4.68. The van der Waals surface area contributed by atoms with E-state index in [1.165, 1.54) is 19.2 Å². The number of pyridine rings is 1. The molecule has 0 bridgehead atoms. The summed E-state index contributed by atoms with van der Waals surface area (Å²) in [6, 6.07) is 9.81. The van der Waals surface area contributed by atoms with Gasteiger partial charge in [0.2, 0.25) is 0 Å². The van der Waals surface area contributed by atoms with Crippen LogP contribution < -0.4 is 0 Å². The molecule has 0 aliphatic carbocycles. The van der Waals surface area contributed by atoms with Gasteiger partial charge >= 0.3 is 5.97 Å². The van der Waals surface area contributed by atoms with Gasteiger partial charge in [-0.25, -0.2) is 14.2 Å². The summed E-state index contributed by atoms with van der Waals surface area (Å²) in [5, 5.41) is 0. The minimum Gasteiger partial charge on any atom is -0.465 e. The highest BCUT2D eigenvalue weighted by Crippen LogP contribution is 2.15. The van der Waals surface area contributed by atoms with Gasteiger partial charge in [0.05, 0.1) is 12.8 Å². The number of halogens is 1. The van der Waals surface area contributed by atoms with Gasteiger partial charge in [-0.1, -0.05) is 12.1 Å². The van der Waals surface area contributed by atoms with Crippen LogP contribution in [-0.4, -0.2) is 22.5 Å². The van der Waals surface area contributed by atoms with Crippen molar-refractivity contribution < 1.29 is 13.9 Å². The molecule has 0 aliphatic rings. The quantitative estimate of drug-likeness (QED) is 0.695. The zero-order valence-corrected chi connectivity index (χ0v) is 11.4. The summed E-state index contributed by atoms with van der Waals surface area (Å²) in [5.41, 5.74) is 2.54. The number of hydrogen-bond acceptors (Lipinski definition) is 3. The number of ether oxygens (including phenoxy) is 1. The Labute approximate surface area is 120 Å². The summed E-state index contributed by atoms with van der Waals surface area (Å²) in [5.74, 6) is -0.699. The molecule has 0 unspecified atom stereocenters. The zero-order chi connectivity index (χ0) is 14.8. The first-order chi connectivity index (χ1) is 10.2. The van der Waals surface area contributed by atoms with Crippen molar-refractivity contribution in [2.45, 2.75) is 6.42 Å². The van der Waals surface area contributed by atoms with Crippen LogP contribution in [0.3, 0.4) is 0 Å². The van der Waals surface area contributed by atoms with E-state index < -0.39 is 5.97 Å². The van der Waals surface area contributed by atoms with Crippen LogP contribution in [0.2, 0.25) is 0 Å². The molecule has 0 amide bonds. The van der Waals surface area contributed by atoms with E-state index in [9.17, 15) is 9.18 Å². The maximum atomic E-state index is 13.2. The highest BCUT2D eigenvalue weighted by molar-refractivity contribution is 5.95. The molecular formula is C16H13FN2O2. The minimum absolute atomic E-state index is 0.272. The summed E-state index contributed by atoms with van der Waals surface area (Å²) in [7, 11) is 1.34. The highest BCUT2D eigenvalue weighted by Gasteiger charge is 2.13. The summed E-state index contributed by atoms with van der Waals surface area (Å²) in [6.45, 7) is 0. The molecule has 0 spiro atoms. The third-order valence-corrected chi connectivity index (χ3v) is 3.21. The number of esters is 1. The zero-order valence-electron chi connectivity index (χ0n) is 11.4. The predicted molar refractivity (Wildman–Crippen MR) is 75.7 cm³/mol. The molecule has 0 aliphatic heterocycles. The SMILES string of the molecule is COC(=O)c1cccn2cc(Cc3cccc(F)c3)nc12. The van der Waals surface area contributed by atoms with Gasteiger partial charge < -0.3 is 9.14 Å². The second kappa shape index (κ2) is 5.36. The number of methoxy groups -OCH3 is 1. The van der Waals surface area contributed by atoms with E-state index in [-0.39, 0.29) is 5.82 Å². The third-order valence-electron chi connectivity index (χ3n) is 3.21. The molecule has 5 heteroatoms. The highest BCUT2D eigenvalue weighted by atomic mass is 19.1. The molecule has 0 radical (unpaired) electrons. The lowest BCUT2D eigenvalue weighted by Gasteiger charge is -2.00. The number of hydrogen-bond donors (Lipinski definition) is 0. The Bertz CT molecular complexity index is 811. The molecule has 0 atom stereocenters. The van der Waals surface area contributed by atoms with Crippen LogP contribution in [0.1, 0.15) is 21.6 Å². The Morgan fingerprint density at radius 2 is 2.19 bits per heavy atom. The number of carbonyl (C=O) groups is 1. The van der Waals surface area contributed by atoms with Gasteiger partial charge in [0.15, 0.2) is 5.65 Å². The van der Waals surface area contributed by atoms with Crippen LogP contribution in [-0.2, 0) is 11.2 Å². The molecule has 4 nitrogen and oxygen atoms in total. The maximum absolute atomic E-state index is 13.2. The smallest absolute Gasteiger partial charge is 0.341 e. The molecular weight excluding hydrogens is 271 g/mol. The van der Waals surface area contributed by atoms with E-state index in [1.54, 1.807) is 22.6 Å². The van der Waals surface area contributed by atoms with Crippen LogP contribution in [0.5, 0.6) is 0 Å². The van der Waals surface area contributed by atoms with Gasteiger partial charge in [0.1, 0.15) is 11.4 Å². The van der Waals surface area contributed by atoms with Gasteiger partial charge in [-0.15, -0.1) is 0 Å². The number of fused-ring (bicyclic) bond motifs is 1. The lowest BCUT2D eigenvalue weighted by Crippen LogP contribution is -2.03. The lowest BCUT2D eigenvalue weighted by atomic mass is 10.1. The molecule has 0 saturated carbocycles. The molecule has 3 aromatic rings. The third kappa shape index (κ3) is 2.63. The minimum atomic E-state index is -0.427. The number of nitrogens with zero attached hydrogens (tertiary/aromatic N) is 2. The molecule has 106 valence electrons. The van der Waals surface area contributed by atoms with E-state index in [0.29, 0.717) is 17.6 Å². The Kier molecular flexibility index (Phi) is 3.39. The van der Waals surface area contributed by atoms with E-state index in [1.807, 2.05) is 18.5 Å². The van der Waals surface area contributed by atoms with Crippen molar-refractivity contribution >= 4 is 11.6 Å². The molecule has 2 aromatic heterocycles. The average Bonchev–Trinajstić information content (AvgIpc) is 2.88. The van der Waals surface area contributed by atoms with Crippen LogP contribution >= 0.6 is 0 Å². The van der Waals surface area contributed by atoms with Gasteiger partial charge in [0, 0.05) is 18.8 Å². The lowest BCUT2D eigenvalue weighted by molar-refractivity contribution is 0.0602. The van der Waals surface area contributed by atoms with Crippen molar-refractivity contribution in [2.75, 3.05) is 7.11 Å². The average molecular weight is 284 g/mol. The molecule has 0 fully saturated rings. The van der Waals surface area contributed by atoms with Gasteiger partial charge in [-0.3, -0.25) is 0 Å². The molecule has 0 N–H and O–H groups in total. The first-order valence-corrected chi connectivity index (χ1v) is 6.47. The first kappa shape index (κ1) is 13.3. The fourth-order valence-electron chi connectivity index (χ4n) is 2.27. The number of imidazole rings is 1. The summed E-state index contributed by atoms with van der Waals surface area (Å²) in [6.07, 6.45) is 4.14. The number of aromatic nitrogens is 2. The van der Waals surface area contributed by atoms with Crippen molar-refractivity contribution in [3.05, 3.63) is 71.4 Å². The van der Waals surface area contributed by atoms with E-state index in [4.69, 9.17) is 4.74 Å². The molecule has 2 heterocycles. The van der Waals surface area contributed by atoms with Crippen LogP contribution in [0.4, 0.5) is 4.39 Å². The topological polar surface area (TPSA) is 43.6 Å². The Morgan fingerprint density at radius 1 is 1.33 bits per heavy atom. The standard InChI is InChI=1S/C16H13FN2O2/c1-21-16(20)14-6-3-7-19-10-13(18-15(14)19)9-11-4-2-5-12(17)8-11/h2-8,10H,9H2,1H3. The van der Waals surface area contributed by atoms with Gasteiger partial charge in [0.25, 0.3) is 0 Å². The van der Waals surface area contributed by atoms with Crippen molar-refractivity contribution in [3.8, 4) is 0 Å². The molecule has 1 aromatic carbocycles. The summed E-state index contributed by atoms with van der Waals surface area (Å²) in [4.78, 5) is 16.2. The first-order valence-electron chi connectivity index (χ1n) is 6.47. The Balaban J connectivity index is 1.99. The fourth-order valence-corrected chi connectivity index (χ4v) is 2.27. The van der Waals surface area contributed by atoms with Gasteiger partial charge in [-0.2, -0.15) is 0 Å². The maximum Gasteiger partial charge on any atom is 0.341 e. The second-order valence-corrected chi connectivity index (χ2v) is 4.68. The fraction of sp³-hybridized carbons (Fsp3) is 0.125. The van der Waals surface area contributed by atoms with Crippen LogP contribution in [0.25, 0.3) is 5.65 Å². The normalized spacial score (nSPS) is 10.8. The molecule has 0 saturated heterocycles. The number of benzene rings is 1. The van der Waals surface area contributed by atoms with Crippen molar-refractivity contribution in [1.82, 2.24) is 9.38 Å². The summed E-state index contributed by atoms with van der Waals surface area (Å²) < 4.78 is 19.7. The predicted octanol–water partition coefficient (Wildman–Crippen LogP) is 2.85. The summed E-state index contributed by atoms with van der Waals surface area (Å²) >= 11 is 0. The van der Waals surface area contributed by atoms with E-state index in [0.717, 1.165) is 11.3 Å². The van der Waals surface area contributed by atoms with Crippen LogP contribution in [0, 0.1) is 5.82 Å². The van der Waals surface area contributed by atoms with E-state index >= 15 is 0 Å². The monoisotopic (exact) mass is 284 g/mol. The Morgan fingerprint density at radius 3 is 2.95 bits per heavy atom. The van der Waals surface area contributed by atoms with Crippen molar-refractivity contribution in [1.29, 1.82) is 0 Å². The number of rotatable bonds is 3. The van der Waals surface area contributed by atoms with Crippen LogP contribution in [0.15, 0.2) is 48.8 Å². The van der Waals surface area contributed by atoms with Crippen molar-refractivity contribution in [2.24, 2.45) is 0 Å². The van der Waals surface area contributed by atoms with Crippen molar-refractivity contribution in [3.63, 3.8) is 0 Å².